The van der Waals surface area contributed by atoms with Gasteiger partial charge in [-0.15, -0.1) is 0 Å². The number of ether oxygens (including phenoxy) is 2. The van der Waals surface area contributed by atoms with Gasteiger partial charge in [0.1, 0.15) is 0 Å². The van der Waals surface area contributed by atoms with E-state index < -0.39 is 10.8 Å². The predicted octanol–water partition coefficient (Wildman–Crippen LogP) is 6.12. The second-order valence-electron chi connectivity index (χ2n) is 11.0. The molecule has 168 valence electrons. The maximum atomic E-state index is 12.2. The first-order valence-electron chi connectivity index (χ1n) is 11.4. The minimum atomic E-state index is -0.520. The number of hydrogen-bond acceptors (Lipinski definition) is 5. The minimum Gasteiger partial charge on any atom is -0.493 e. The van der Waals surface area contributed by atoms with Gasteiger partial charge in [0.05, 0.1) is 36.7 Å². The van der Waals surface area contributed by atoms with Crippen LogP contribution in [-0.2, 0) is 5.41 Å². The molecule has 2 saturated carbocycles. The molecular weight excluding hydrogens is 392 g/mol. The van der Waals surface area contributed by atoms with Crippen LogP contribution >= 0.6 is 0 Å². The average Bonchev–Trinajstić information content (AvgIpc) is 2.71. The van der Waals surface area contributed by atoms with Crippen molar-refractivity contribution in [2.75, 3.05) is 14.2 Å². The van der Waals surface area contributed by atoms with Crippen molar-refractivity contribution in [3.05, 3.63) is 27.3 Å². The zero-order valence-electron chi connectivity index (χ0n) is 19.6. The van der Waals surface area contributed by atoms with E-state index in [0.717, 1.165) is 24.8 Å². The van der Waals surface area contributed by atoms with E-state index >= 15 is 0 Å². The fourth-order valence-electron chi connectivity index (χ4n) is 7.97. The van der Waals surface area contributed by atoms with Crippen LogP contribution in [0.1, 0.15) is 83.3 Å². The van der Waals surface area contributed by atoms with Gasteiger partial charge >= 0.3 is 5.69 Å². The van der Waals surface area contributed by atoms with Gasteiger partial charge in [0.25, 0.3) is 0 Å². The Morgan fingerprint density at radius 3 is 2.42 bits per heavy atom. The Bertz CT molecular complexity index is 965. The van der Waals surface area contributed by atoms with Gasteiger partial charge in [0.15, 0.2) is 5.75 Å². The standard InChI is InChI=1S/C25H34N2O4/c1-23(2)9-7-10-25(4)18(23)8-11-24(3)16-13-17(30-5)22(31-6)21(27(28)29)20(16)15(14-26)12-19(24)25/h13,15,18-19H,7-12H2,1-6H3/t15-,18+,19+,24+,25+/m1/s1. The smallest absolute Gasteiger partial charge is 0.319 e. The van der Waals surface area contributed by atoms with Gasteiger partial charge in [-0.1, -0.05) is 34.1 Å². The Morgan fingerprint density at radius 1 is 1.13 bits per heavy atom. The summed E-state index contributed by atoms with van der Waals surface area (Å²) in [6, 6.07) is 4.35. The molecule has 0 amide bonds. The van der Waals surface area contributed by atoms with Crippen LogP contribution in [-0.4, -0.2) is 19.1 Å². The van der Waals surface area contributed by atoms with Crippen molar-refractivity contribution in [1.82, 2.24) is 0 Å². The number of methoxy groups -OCH3 is 2. The second kappa shape index (κ2) is 7.12. The van der Waals surface area contributed by atoms with E-state index in [0.29, 0.717) is 29.6 Å². The van der Waals surface area contributed by atoms with Crippen LogP contribution in [0.25, 0.3) is 0 Å². The summed E-state index contributed by atoms with van der Waals surface area (Å²) in [7, 11) is 2.93. The highest BCUT2D eigenvalue weighted by molar-refractivity contribution is 5.68. The Morgan fingerprint density at radius 2 is 1.84 bits per heavy atom. The maximum absolute atomic E-state index is 12.2. The molecule has 3 aliphatic carbocycles. The van der Waals surface area contributed by atoms with Crippen molar-refractivity contribution in [2.45, 2.75) is 77.6 Å². The van der Waals surface area contributed by atoms with E-state index in [2.05, 4.69) is 33.8 Å². The highest BCUT2D eigenvalue weighted by Gasteiger charge is 2.61. The first-order chi connectivity index (χ1) is 14.5. The first kappa shape index (κ1) is 21.9. The van der Waals surface area contributed by atoms with Crippen LogP contribution in [0.2, 0.25) is 0 Å². The highest BCUT2D eigenvalue weighted by atomic mass is 16.6. The van der Waals surface area contributed by atoms with E-state index in [1.165, 1.54) is 27.1 Å². The van der Waals surface area contributed by atoms with Crippen LogP contribution < -0.4 is 9.47 Å². The Kier molecular flexibility index (Phi) is 5.03. The highest BCUT2D eigenvalue weighted by Crippen LogP contribution is 2.69. The molecule has 4 rings (SSSR count). The molecule has 6 nitrogen and oxygen atoms in total. The summed E-state index contributed by atoms with van der Waals surface area (Å²) < 4.78 is 11.0. The zero-order valence-corrected chi connectivity index (χ0v) is 19.6. The van der Waals surface area contributed by atoms with Crippen LogP contribution in [0.4, 0.5) is 5.69 Å². The third-order valence-corrected chi connectivity index (χ3v) is 9.25. The molecular formula is C25H34N2O4. The molecule has 0 N–H and O–H groups in total. The fourth-order valence-corrected chi connectivity index (χ4v) is 7.97. The van der Waals surface area contributed by atoms with Crippen LogP contribution in [0.3, 0.4) is 0 Å². The van der Waals surface area contributed by atoms with Gasteiger partial charge in [0, 0.05) is 0 Å². The van der Waals surface area contributed by atoms with Gasteiger partial charge in [-0.25, -0.2) is 0 Å². The summed E-state index contributed by atoms with van der Waals surface area (Å²) in [5.74, 6) is 0.875. The number of benzene rings is 1. The molecule has 0 spiro atoms. The molecule has 0 saturated heterocycles. The molecule has 2 fully saturated rings. The Labute approximate surface area is 185 Å². The van der Waals surface area contributed by atoms with E-state index in [1.807, 2.05) is 6.07 Å². The molecule has 0 bridgehead atoms. The quantitative estimate of drug-likeness (QED) is 0.429. The topological polar surface area (TPSA) is 85.4 Å². The number of hydrogen-bond donors (Lipinski definition) is 0. The number of nitrogens with zero attached hydrogens (tertiary/aromatic N) is 2. The van der Waals surface area contributed by atoms with Crippen LogP contribution in [0.15, 0.2) is 6.07 Å². The summed E-state index contributed by atoms with van der Waals surface area (Å²) in [6.45, 7) is 9.49. The van der Waals surface area contributed by atoms with Crippen molar-refractivity contribution >= 4 is 5.69 Å². The van der Waals surface area contributed by atoms with Gasteiger partial charge in [-0.2, -0.15) is 5.26 Å². The Balaban J connectivity index is 1.98. The fraction of sp³-hybridized carbons (Fsp3) is 0.720. The number of nitriles is 1. The molecule has 1 aromatic rings. The van der Waals surface area contributed by atoms with Gasteiger partial charge in [-0.05, 0) is 71.8 Å². The number of nitro benzene ring substituents is 1. The lowest BCUT2D eigenvalue weighted by Gasteiger charge is -2.64. The molecule has 0 aliphatic heterocycles. The average molecular weight is 427 g/mol. The molecule has 0 unspecified atom stereocenters. The van der Waals surface area contributed by atoms with Crippen LogP contribution in [0, 0.1) is 44.1 Å². The number of rotatable bonds is 3. The summed E-state index contributed by atoms with van der Waals surface area (Å²) in [6.07, 6.45) is 6.34. The van der Waals surface area contributed by atoms with Gasteiger partial charge in [-0.3, -0.25) is 10.1 Å². The molecule has 5 atom stereocenters. The zero-order chi connectivity index (χ0) is 22.8. The summed E-state index contributed by atoms with van der Waals surface area (Å²) >= 11 is 0. The third kappa shape index (κ3) is 2.88. The lowest BCUT2D eigenvalue weighted by Crippen LogP contribution is -2.58. The Hall–Kier alpha value is -2.29. The van der Waals surface area contributed by atoms with Gasteiger partial charge in [0.2, 0.25) is 5.75 Å². The van der Waals surface area contributed by atoms with Crippen molar-refractivity contribution < 1.29 is 14.4 Å². The summed E-state index contributed by atoms with van der Waals surface area (Å²) in [5, 5.41) is 22.3. The van der Waals surface area contributed by atoms with E-state index in [4.69, 9.17) is 9.47 Å². The summed E-state index contributed by atoms with van der Waals surface area (Å²) in [5.41, 5.74) is 1.53. The molecule has 0 radical (unpaired) electrons. The molecule has 0 heterocycles. The van der Waals surface area contributed by atoms with Crippen LogP contribution in [0.5, 0.6) is 11.5 Å². The third-order valence-electron chi connectivity index (χ3n) is 9.25. The normalized spacial score (nSPS) is 35.7. The number of nitro groups is 1. The first-order valence-corrected chi connectivity index (χ1v) is 11.4. The van der Waals surface area contributed by atoms with E-state index in [1.54, 1.807) is 0 Å². The monoisotopic (exact) mass is 426 g/mol. The molecule has 0 aromatic heterocycles. The molecule has 31 heavy (non-hydrogen) atoms. The lowest BCUT2D eigenvalue weighted by molar-refractivity contribution is -0.386. The van der Waals surface area contributed by atoms with Crippen molar-refractivity contribution in [3.63, 3.8) is 0 Å². The second-order valence-corrected chi connectivity index (χ2v) is 11.0. The van der Waals surface area contributed by atoms with E-state index in [-0.39, 0.29) is 27.7 Å². The van der Waals surface area contributed by atoms with E-state index in [9.17, 15) is 15.4 Å². The lowest BCUT2D eigenvalue weighted by atomic mass is 9.40. The predicted molar refractivity (Wildman–Crippen MR) is 118 cm³/mol. The summed E-state index contributed by atoms with van der Waals surface area (Å²) in [4.78, 5) is 11.8. The minimum absolute atomic E-state index is 0.0978. The largest absolute Gasteiger partial charge is 0.493 e. The van der Waals surface area contributed by atoms with Crippen molar-refractivity contribution in [1.29, 1.82) is 5.26 Å². The maximum Gasteiger partial charge on any atom is 0.319 e. The molecule has 1 aromatic carbocycles. The SMILES string of the molecule is COc1cc2c(c([N+](=O)[O-])c1OC)[C@@H](C#N)C[C@@H]1[C@@]3(C)CCCC(C)(C)[C@@H]3CC[C@@]21C. The van der Waals surface area contributed by atoms with Gasteiger partial charge < -0.3 is 9.47 Å². The van der Waals surface area contributed by atoms with Crippen molar-refractivity contribution in [2.24, 2.45) is 22.7 Å². The molecule has 3 aliphatic rings. The molecule has 6 heteroatoms. The van der Waals surface area contributed by atoms with Crippen molar-refractivity contribution in [3.8, 4) is 17.6 Å². The number of fused-ring (bicyclic) bond motifs is 5.